The van der Waals surface area contributed by atoms with Gasteiger partial charge in [-0.3, -0.25) is 4.79 Å². The Balaban J connectivity index is 1.94. The average Bonchev–Trinajstić information content (AvgIpc) is 2.56. The van der Waals surface area contributed by atoms with E-state index in [2.05, 4.69) is 20.6 Å². The third kappa shape index (κ3) is 4.93. The summed E-state index contributed by atoms with van der Waals surface area (Å²) in [6, 6.07) is 7.57. The van der Waals surface area contributed by atoms with Gasteiger partial charge in [0.2, 0.25) is 0 Å². The van der Waals surface area contributed by atoms with Crippen molar-refractivity contribution in [1.29, 1.82) is 0 Å². The Morgan fingerprint density at radius 1 is 1.17 bits per heavy atom. The van der Waals surface area contributed by atoms with Crippen molar-refractivity contribution in [2.24, 2.45) is 0 Å². The van der Waals surface area contributed by atoms with Crippen molar-refractivity contribution in [1.82, 2.24) is 9.97 Å². The predicted molar refractivity (Wildman–Crippen MR) is 91.1 cm³/mol. The van der Waals surface area contributed by atoms with E-state index in [-0.39, 0.29) is 11.6 Å². The second kappa shape index (κ2) is 8.09. The number of hydrogen-bond acceptors (Lipinski definition) is 6. The van der Waals surface area contributed by atoms with E-state index in [1.807, 2.05) is 43.3 Å². The number of hydrogen-bond donors (Lipinski definition) is 2. The summed E-state index contributed by atoms with van der Waals surface area (Å²) in [7, 11) is 5.56. The molecule has 0 aliphatic carbocycles. The molecular formula is C16H21N5O2. The molecule has 0 aliphatic heterocycles. The van der Waals surface area contributed by atoms with Crippen LogP contribution in [0.15, 0.2) is 36.7 Å². The summed E-state index contributed by atoms with van der Waals surface area (Å²) < 4.78 is 4.94. The summed E-state index contributed by atoms with van der Waals surface area (Å²) in [5.41, 5.74) is 2.04. The molecule has 1 amide bonds. The number of nitrogens with one attached hydrogen (secondary N) is 2. The molecule has 1 aromatic carbocycles. The smallest absolute Gasteiger partial charge is 0.275 e. The zero-order valence-electron chi connectivity index (χ0n) is 13.5. The van der Waals surface area contributed by atoms with Crippen LogP contribution in [0.25, 0.3) is 0 Å². The van der Waals surface area contributed by atoms with Gasteiger partial charge in [0.25, 0.3) is 5.91 Å². The van der Waals surface area contributed by atoms with Gasteiger partial charge in [-0.05, 0) is 24.3 Å². The van der Waals surface area contributed by atoms with Crippen LogP contribution in [0.3, 0.4) is 0 Å². The number of benzene rings is 1. The van der Waals surface area contributed by atoms with Gasteiger partial charge in [-0.2, -0.15) is 0 Å². The lowest BCUT2D eigenvalue weighted by molar-refractivity contribution is 0.102. The quantitative estimate of drug-likeness (QED) is 0.759. The van der Waals surface area contributed by atoms with Gasteiger partial charge in [0.1, 0.15) is 11.5 Å². The Morgan fingerprint density at radius 2 is 1.91 bits per heavy atom. The molecule has 7 heteroatoms. The number of anilines is 3. The minimum atomic E-state index is -0.293. The number of aromatic nitrogens is 2. The van der Waals surface area contributed by atoms with Gasteiger partial charge in [-0.15, -0.1) is 0 Å². The van der Waals surface area contributed by atoms with Gasteiger partial charge in [-0.1, -0.05) is 0 Å². The van der Waals surface area contributed by atoms with Crippen LogP contribution in [0.4, 0.5) is 17.2 Å². The maximum atomic E-state index is 12.1. The van der Waals surface area contributed by atoms with Crippen molar-refractivity contribution < 1.29 is 9.53 Å². The fraction of sp³-hybridized carbons (Fsp3) is 0.312. The highest BCUT2D eigenvalue weighted by atomic mass is 16.5. The second-order valence-electron chi connectivity index (χ2n) is 5.10. The number of rotatable bonds is 7. The maximum absolute atomic E-state index is 12.1. The van der Waals surface area contributed by atoms with Crippen LogP contribution in [-0.2, 0) is 4.74 Å². The number of amides is 1. The first-order chi connectivity index (χ1) is 11.1. The fourth-order valence-corrected chi connectivity index (χ4v) is 1.86. The topological polar surface area (TPSA) is 79.4 Å². The first-order valence-corrected chi connectivity index (χ1v) is 7.23. The molecule has 0 atom stereocenters. The van der Waals surface area contributed by atoms with Crippen molar-refractivity contribution in [3.63, 3.8) is 0 Å². The highest BCUT2D eigenvalue weighted by molar-refractivity contribution is 6.02. The third-order valence-electron chi connectivity index (χ3n) is 3.14. The molecule has 1 aromatic heterocycles. The Bertz CT molecular complexity index is 626. The number of methoxy groups -OCH3 is 1. The Labute approximate surface area is 135 Å². The van der Waals surface area contributed by atoms with Crippen LogP contribution >= 0.6 is 0 Å². The monoisotopic (exact) mass is 315 g/mol. The van der Waals surface area contributed by atoms with Crippen molar-refractivity contribution in [3.8, 4) is 0 Å². The zero-order chi connectivity index (χ0) is 16.7. The van der Waals surface area contributed by atoms with Gasteiger partial charge in [0.15, 0.2) is 0 Å². The standard InChI is InChI=1S/C16H21N5O2/c1-21(2)13-6-4-12(5-7-13)20-16(22)14-10-19-15(11-18-14)17-8-9-23-3/h4-7,10-11H,8-9H2,1-3H3,(H,17,19)(H,20,22). The van der Waals surface area contributed by atoms with Crippen LogP contribution in [0.5, 0.6) is 0 Å². The molecule has 122 valence electrons. The number of carbonyl (C=O) groups excluding carboxylic acids is 1. The summed E-state index contributed by atoms with van der Waals surface area (Å²) >= 11 is 0. The largest absolute Gasteiger partial charge is 0.383 e. The van der Waals surface area contributed by atoms with Gasteiger partial charge >= 0.3 is 0 Å². The van der Waals surface area contributed by atoms with E-state index in [1.54, 1.807) is 7.11 Å². The van der Waals surface area contributed by atoms with E-state index >= 15 is 0 Å². The first kappa shape index (κ1) is 16.7. The molecule has 0 bridgehead atoms. The van der Waals surface area contributed by atoms with Gasteiger partial charge in [0, 0.05) is 39.1 Å². The molecular weight excluding hydrogens is 294 g/mol. The van der Waals surface area contributed by atoms with Crippen LogP contribution in [0, 0.1) is 0 Å². The molecule has 0 saturated carbocycles. The fourth-order valence-electron chi connectivity index (χ4n) is 1.86. The van der Waals surface area contributed by atoms with E-state index in [9.17, 15) is 4.79 Å². The summed E-state index contributed by atoms with van der Waals surface area (Å²) in [6.45, 7) is 1.21. The van der Waals surface area contributed by atoms with Crippen LogP contribution in [0.1, 0.15) is 10.5 Å². The van der Waals surface area contributed by atoms with E-state index < -0.39 is 0 Å². The first-order valence-electron chi connectivity index (χ1n) is 7.23. The lowest BCUT2D eigenvalue weighted by atomic mass is 10.2. The van der Waals surface area contributed by atoms with Crippen molar-refractivity contribution >= 4 is 23.1 Å². The minimum absolute atomic E-state index is 0.263. The highest BCUT2D eigenvalue weighted by Crippen LogP contribution is 2.16. The molecule has 0 spiro atoms. The molecule has 23 heavy (non-hydrogen) atoms. The number of ether oxygens (including phenoxy) is 1. The molecule has 2 N–H and O–H groups in total. The van der Waals surface area contributed by atoms with Crippen molar-refractivity contribution in [2.75, 3.05) is 49.9 Å². The van der Waals surface area contributed by atoms with Crippen LogP contribution < -0.4 is 15.5 Å². The summed E-state index contributed by atoms with van der Waals surface area (Å²) in [5, 5.41) is 5.84. The summed E-state index contributed by atoms with van der Waals surface area (Å²) in [4.78, 5) is 22.4. The van der Waals surface area contributed by atoms with Crippen LogP contribution in [-0.4, -0.2) is 50.2 Å². The third-order valence-corrected chi connectivity index (χ3v) is 3.14. The maximum Gasteiger partial charge on any atom is 0.275 e. The minimum Gasteiger partial charge on any atom is -0.383 e. The van der Waals surface area contributed by atoms with Crippen molar-refractivity contribution in [3.05, 3.63) is 42.4 Å². The predicted octanol–water partition coefficient (Wildman–Crippen LogP) is 1.85. The van der Waals surface area contributed by atoms with E-state index in [0.29, 0.717) is 24.7 Å². The van der Waals surface area contributed by atoms with E-state index in [4.69, 9.17) is 4.74 Å². The Morgan fingerprint density at radius 3 is 2.48 bits per heavy atom. The highest BCUT2D eigenvalue weighted by Gasteiger charge is 2.08. The second-order valence-corrected chi connectivity index (χ2v) is 5.10. The lowest BCUT2D eigenvalue weighted by Gasteiger charge is -2.13. The normalized spacial score (nSPS) is 10.2. The molecule has 7 nitrogen and oxygen atoms in total. The molecule has 0 saturated heterocycles. The van der Waals surface area contributed by atoms with Gasteiger partial charge < -0.3 is 20.3 Å². The summed E-state index contributed by atoms with van der Waals surface area (Å²) in [5.74, 6) is 0.312. The molecule has 2 aromatic rings. The lowest BCUT2D eigenvalue weighted by Crippen LogP contribution is -2.15. The average molecular weight is 315 g/mol. The molecule has 1 heterocycles. The number of nitrogens with zero attached hydrogens (tertiary/aromatic N) is 3. The van der Waals surface area contributed by atoms with E-state index in [0.717, 1.165) is 5.69 Å². The Hall–Kier alpha value is -2.67. The number of carbonyl (C=O) groups is 1. The molecule has 0 fully saturated rings. The van der Waals surface area contributed by atoms with Crippen LogP contribution in [0.2, 0.25) is 0 Å². The SMILES string of the molecule is COCCNc1cnc(C(=O)Nc2ccc(N(C)C)cc2)cn1. The summed E-state index contributed by atoms with van der Waals surface area (Å²) in [6.07, 6.45) is 2.97. The van der Waals surface area contributed by atoms with E-state index in [1.165, 1.54) is 12.4 Å². The zero-order valence-corrected chi connectivity index (χ0v) is 13.5. The molecule has 2 rings (SSSR count). The molecule has 0 unspecified atom stereocenters. The molecule has 0 aliphatic rings. The molecule has 0 radical (unpaired) electrons. The Kier molecular flexibility index (Phi) is 5.87. The van der Waals surface area contributed by atoms with Gasteiger partial charge in [0.05, 0.1) is 19.0 Å². The van der Waals surface area contributed by atoms with Crippen molar-refractivity contribution in [2.45, 2.75) is 0 Å². The van der Waals surface area contributed by atoms with Gasteiger partial charge in [-0.25, -0.2) is 9.97 Å².